The molecule has 3 rings (SSSR count). The third-order valence-corrected chi connectivity index (χ3v) is 3.38. The van der Waals surface area contributed by atoms with E-state index in [0.717, 1.165) is 11.3 Å². The molecule has 6 heteroatoms. The van der Waals surface area contributed by atoms with Gasteiger partial charge in [-0.2, -0.15) is 0 Å². The number of fused-ring (bicyclic) bond motifs is 1. The molecule has 1 aromatic carbocycles. The summed E-state index contributed by atoms with van der Waals surface area (Å²) in [4.78, 5) is 12.9. The van der Waals surface area contributed by atoms with Gasteiger partial charge in [-0.1, -0.05) is 17.3 Å². The lowest BCUT2D eigenvalue weighted by Crippen LogP contribution is -2.37. The number of hydrogen-bond acceptors (Lipinski definition) is 4. The Morgan fingerprint density at radius 3 is 3.10 bits per heavy atom. The third-order valence-electron chi connectivity index (χ3n) is 3.38. The minimum absolute atomic E-state index is 0.202. The number of rotatable bonds is 3. The van der Waals surface area contributed by atoms with E-state index in [4.69, 9.17) is 10.3 Å². The van der Waals surface area contributed by atoms with Crippen LogP contribution in [0.15, 0.2) is 28.8 Å². The van der Waals surface area contributed by atoms with E-state index >= 15 is 0 Å². The summed E-state index contributed by atoms with van der Waals surface area (Å²) in [5, 5.41) is 4.04. The van der Waals surface area contributed by atoms with Crippen molar-refractivity contribution in [1.82, 2.24) is 10.1 Å². The van der Waals surface area contributed by atoms with Gasteiger partial charge in [-0.05, 0) is 12.1 Å². The highest BCUT2D eigenvalue weighted by molar-refractivity contribution is 5.76. The first-order valence-corrected chi connectivity index (χ1v) is 6.37. The summed E-state index contributed by atoms with van der Waals surface area (Å²) in [6.45, 7) is 1.44. The molecule has 1 amide bonds. The molecule has 0 fully saturated rings. The number of benzene rings is 1. The highest BCUT2D eigenvalue weighted by Gasteiger charge is 2.25. The molecule has 1 aliphatic rings. The van der Waals surface area contributed by atoms with Crippen LogP contribution in [-0.2, 0) is 17.8 Å². The van der Waals surface area contributed by atoms with E-state index in [2.05, 4.69) is 5.16 Å². The summed E-state index contributed by atoms with van der Waals surface area (Å²) in [5.41, 5.74) is 7.43. The number of nitrogens with two attached hydrogens (primary N) is 1. The van der Waals surface area contributed by atoms with E-state index in [0.29, 0.717) is 30.8 Å². The van der Waals surface area contributed by atoms with Gasteiger partial charge in [0, 0.05) is 30.6 Å². The molecule has 0 atom stereocenters. The first-order chi connectivity index (χ1) is 9.63. The Bertz CT molecular complexity index is 654. The van der Waals surface area contributed by atoms with Crippen molar-refractivity contribution in [2.45, 2.75) is 13.0 Å². The molecule has 20 heavy (non-hydrogen) atoms. The van der Waals surface area contributed by atoms with Crippen LogP contribution in [0.4, 0.5) is 4.39 Å². The van der Waals surface area contributed by atoms with Crippen LogP contribution in [0.2, 0.25) is 0 Å². The van der Waals surface area contributed by atoms with Crippen molar-refractivity contribution in [3.05, 3.63) is 41.4 Å². The van der Waals surface area contributed by atoms with Crippen LogP contribution in [0.1, 0.15) is 11.3 Å². The van der Waals surface area contributed by atoms with Crippen LogP contribution >= 0.6 is 0 Å². The molecule has 0 spiro atoms. The smallest absolute Gasteiger partial charge is 0.231 e. The zero-order valence-electron chi connectivity index (χ0n) is 10.8. The average molecular weight is 275 g/mol. The Hall–Kier alpha value is -2.21. The normalized spacial score (nSPS) is 15.1. The maximum Gasteiger partial charge on any atom is 0.231 e. The molecule has 2 aromatic rings. The van der Waals surface area contributed by atoms with E-state index in [1.807, 2.05) is 4.90 Å². The van der Waals surface area contributed by atoms with E-state index in [1.54, 1.807) is 12.1 Å². The molecule has 2 heterocycles. The van der Waals surface area contributed by atoms with Gasteiger partial charge < -0.3 is 10.3 Å². The lowest BCUT2D eigenvalue weighted by Gasteiger charge is -2.24. The number of halogens is 1. The van der Waals surface area contributed by atoms with Crippen molar-refractivity contribution < 1.29 is 13.7 Å². The summed E-state index contributed by atoms with van der Waals surface area (Å²) in [5.74, 6) is 0.117. The second-order valence-electron chi connectivity index (χ2n) is 4.87. The molecule has 0 bridgehead atoms. The second-order valence-corrected chi connectivity index (χ2v) is 4.87. The van der Waals surface area contributed by atoms with E-state index in [-0.39, 0.29) is 18.3 Å². The average Bonchev–Trinajstić information content (AvgIpc) is 2.81. The lowest BCUT2D eigenvalue weighted by molar-refractivity contribution is -0.119. The predicted molar refractivity (Wildman–Crippen MR) is 70.1 cm³/mol. The maximum atomic E-state index is 13.3. The Kier molecular flexibility index (Phi) is 3.23. The van der Waals surface area contributed by atoms with E-state index in [9.17, 15) is 9.18 Å². The van der Waals surface area contributed by atoms with Crippen LogP contribution in [0.3, 0.4) is 0 Å². The van der Waals surface area contributed by atoms with Gasteiger partial charge in [0.1, 0.15) is 17.3 Å². The minimum Gasteiger partial charge on any atom is -0.369 e. The number of hydrogen-bond donors (Lipinski definition) is 1. The highest BCUT2D eigenvalue weighted by atomic mass is 19.1. The number of nitrogens with zero attached hydrogens (tertiary/aromatic N) is 2. The molecule has 0 saturated carbocycles. The monoisotopic (exact) mass is 275 g/mol. The van der Waals surface area contributed by atoms with Crippen molar-refractivity contribution in [2.75, 3.05) is 13.1 Å². The van der Waals surface area contributed by atoms with Gasteiger partial charge in [0.15, 0.2) is 0 Å². The van der Waals surface area contributed by atoms with Gasteiger partial charge in [-0.3, -0.25) is 9.69 Å². The third kappa shape index (κ3) is 2.42. The van der Waals surface area contributed by atoms with Crippen LogP contribution in [-0.4, -0.2) is 29.1 Å². The second kappa shape index (κ2) is 5.05. The van der Waals surface area contributed by atoms with Gasteiger partial charge >= 0.3 is 0 Å². The number of carbonyl (C=O) groups excluding carboxylic acids is 1. The van der Waals surface area contributed by atoms with E-state index in [1.165, 1.54) is 12.1 Å². The summed E-state index contributed by atoms with van der Waals surface area (Å²) < 4.78 is 18.6. The van der Waals surface area contributed by atoms with Crippen molar-refractivity contribution in [3.8, 4) is 11.3 Å². The minimum atomic E-state index is -0.364. The fraction of sp³-hybridized carbons (Fsp3) is 0.286. The lowest BCUT2D eigenvalue weighted by atomic mass is 10.0. The summed E-state index contributed by atoms with van der Waals surface area (Å²) in [7, 11) is 0. The molecule has 2 N–H and O–H groups in total. The maximum absolute atomic E-state index is 13.3. The first-order valence-electron chi connectivity index (χ1n) is 6.37. The van der Waals surface area contributed by atoms with Gasteiger partial charge in [-0.25, -0.2) is 4.39 Å². The molecule has 1 aromatic heterocycles. The molecule has 1 aliphatic heterocycles. The van der Waals surface area contributed by atoms with Crippen LogP contribution in [0.25, 0.3) is 11.3 Å². The molecular formula is C14H14FN3O2. The molecule has 0 saturated heterocycles. The zero-order valence-corrected chi connectivity index (χ0v) is 10.8. The van der Waals surface area contributed by atoms with Crippen molar-refractivity contribution >= 4 is 5.91 Å². The zero-order chi connectivity index (χ0) is 14.1. The van der Waals surface area contributed by atoms with Gasteiger partial charge in [-0.15, -0.1) is 0 Å². The standard InChI is InChI=1S/C14H14FN3O2/c15-10-3-1-2-9(6-10)14-11-7-18(8-13(16)19)5-4-12(11)20-17-14/h1-3,6H,4-5,7-8H2,(H2,16,19). The fourth-order valence-electron chi connectivity index (χ4n) is 2.48. The number of aromatic nitrogens is 1. The van der Waals surface area contributed by atoms with Crippen molar-refractivity contribution in [1.29, 1.82) is 0 Å². The quantitative estimate of drug-likeness (QED) is 0.917. The van der Waals surface area contributed by atoms with Gasteiger partial charge in [0.05, 0.1) is 6.54 Å². The fourth-order valence-corrected chi connectivity index (χ4v) is 2.48. The first kappa shape index (κ1) is 12.8. The summed E-state index contributed by atoms with van der Waals surface area (Å²) in [6, 6.07) is 6.23. The summed E-state index contributed by atoms with van der Waals surface area (Å²) in [6.07, 6.45) is 0.672. The van der Waals surface area contributed by atoms with Crippen molar-refractivity contribution in [2.24, 2.45) is 5.73 Å². The number of primary amides is 1. The molecule has 0 aliphatic carbocycles. The van der Waals surface area contributed by atoms with Gasteiger partial charge in [0.2, 0.25) is 5.91 Å². The van der Waals surface area contributed by atoms with Crippen LogP contribution in [0, 0.1) is 5.82 Å². The number of carbonyl (C=O) groups is 1. The molecule has 0 radical (unpaired) electrons. The Labute approximate surface area is 115 Å². The molecule has 5 nitrogen and oxygen atoms in total. The SMILES string of the molecule is NC(=O)CN1CCc2onc(-c3cccc(F)c3)c2C1. The topological polar surface area (TPSA) is 72.4 Å². The largest absolute Gasteiger partial charge is 0.369 e. The summed E-state index contributed by atoms with van der Waals surface area (Å²) >= 11 is 0. The van der Waals surface area contributed by atoms with E-state index < -0.39 is 0 Å². The highest BCUT2D eigenvalue weighted by Crippen LogP contribution is 2.30. The molecular weight excluding hydrogens is 261 g/mol. The Balaban J connectivity index is 1.93. The Morgan fingerprint density at radius 1 is 1.50 bits per heavy atom. The molecule has 0 unspecified atom stereocenters. The van der Waals surface area contributed by atoms with Crippen LogP contribution in [0.5, 0.6) is 0 Å². The van der Waals surface area contributed by atoms with Crippen LogP contribution < -0.4 is 5.73 Å². The van der Waals surface area contributed by atoms with Gasteiger partial charge in [0.25, 0.3) is 0 Å². The molecule has 104 valence electrons. The number of amides is 1. The Morgan fingerprint density at radius 2 is 2.35 bits per heavy atom. The van der Waals surface area contributed by atoms with Crippen molar-refractivity contribution in [3.63, 3.8) is 0 Å². The predicted octanol–water partition coefficient (Wildman–Crippen LogP) is 1.32.